The van der Waals surface area contributed by atoms with Crippen LogP contribution in [-0.4, -0.2) is 33.3 Å². The molecule has 0 amide bonds. The molecule has 1 heterocycles. The van der Waals surface area contributed by atoms with Gasteiger partial charge in [0.1, 0.15) is 0 Å². The molecule has 0 aliphatic carbocycles. The van der Waals surface area contributed by atoms with Crippen LogP contribution in [0.3, 0.4) is 0 Å². The smallest absolute Gasteiger partial charge is 0.323 e. The predicted molar refractivity (Wildman–Crippen MR) is 75.9 cm³/mol. The summed E-state index contributed by atoms with van der Waals surface area (Å²) in [5, 5.41) is 3.23. The molecule has 0 aromatic heterocycles. The summed E-state index contributed by atoms with van der Waals surface area (Å²) >= 11 is 0. The number of anilines is 1. The molecule has 0 spiro atoms. The molecule has 2 N–H and O–H groups in total. The second-order valence-electron chi connectivity index (χ2n) is 4.58. The Labute approximate surface area is 118 Å². The Kier molecular flexibility index (Phi) is 4.61. The van der Waals surface area contributed by atoms with Crippen molar-refractivity contribution in [2.45, 2.75) is 19.9 Å². The van der Waals surface area contributed by atoms with Crippen molar-refractivity contribution in [1.82, 2.24) is 5.32 Å². The summed E-state index contributed by atoms with van der Waals surface area (Å²) in [6, 6.07) is 5.43. The van der Waals surface area contributed by atoms with Crippen LogP contribution in [0.25, 0.3) is 0 Å². The van der Waals surface area contributed by atoms with Crippen LogP contribution in [-0.2, 0) is 32.5 Å². The van der Waals surface area contributed by atoms with Gasteiger partial charge in [0.15, 0.2) is 5.75 Å². The normalized spacial score (nSPS) is 14.4. The van der Waals surface area contributed by atoms with Gasteiger partial charge in [-0.05, 0) is 43.1 Å². The van der Waals surface area contributed by atoms with E-state index in [1.54, 1.807) is 19.1 Å². The lowest BCUT2D eigenvalue weighted by atomic mass is 10.0. The van der Waals surface area contributed by atoms with Gasteiger partial charge < -0.3 is 10.1 Å². The lowest BCUT2D eigenvalue weighted by molar-refractivity contribution is -0.139. The third-order valence-corrected chi connectivity index (χ3v) is 4.14. The molecule has 2 rings (SSSR count). The number of sulfonamides is 1. The van der Waals surface area contributed by atoms with E-state index in [0.717, 1.165) is 25.1 Å². The Balaban J connectivity index is 2.07. The highest BCUT2D eigenvalue weighted by atomic mass is 32.2. The number of fused-ring (bicyclic) bond motifs is 1. The van der Waals surface area contributed by atoms with E-state index in [2.05, 4.69) is 14.8 Å². The average Bonchev–Trinajstić information content (AvgIpc) is 2.37. The number of nitrogens with one attached hydrogen (secondary N) is 2. The van der Waals surface area contributed by atoms with Crippen LogP contribution in [0.1, 0.15) is 18.1 Å². The first-order chi connectivity index (χ1) is 9.50. The minimum atomic E-state index is -3.73. The van der Waals surface area contributed by atoms with Gasteiger partial charge in [0, 0.05) is 12.2 Å². The Hall–Kier alpha value is -1.60. The molecule has 1 aromatic rings. The van der Waals surface area contributed by atoms with Crippen LogP contribution in [0.15, 0.2) is 18.2 Å². The number of benzene rings is 1. The van der Waals surface area contributed by atoms with E-state index in [1.165, 1.54) is 5.56 Å². The van der Waals surface area contributed by atoms with Gasteiger partial charge in [-0.1, -0.05) is 6.07 Å². The van der Waals surface area contributed by atoms with Gasteiger partial charge in [-0.2, -0.15) is 0 Å². The zero-order valence-corrected chi connectivity index (χ0v) is 12.1. The number of carbonyl (C=O) groups excluding carboxylic acids is 1. The summed E-state index contributed by atoms with van der Waals surface area (Å²) in [5.41, 5.74) is 2.77. The SMILES string of the molecule is CCOC(=O)CS(=O)(=O)Nc1ccc2c(c1)CNCC2. The maximum absolute atomic E-state index is 11.8. The summed E-state index contributed by atoms with van der Waals surface area (Å²) in [4.78, 5) is 11.2. The third kappa shape index (κ3) is 3.94. The molecule has 0 atom stereocenters. The predicted octanol–water partition coefficient (Wildman–Crippen LogP) is 0.637. The molecular weight excluding hydrogens is 280 g/mol. The average molecular weight is 298 g/mol. The van der Waals surface area contributed by atoms with Crippen molar-refractivity contribution < 1.29 is 17.9 Å². The molecule has 110 valence electrons. The number of hydrogen-bond acceptors (Lipinski definition) is 5. The first kappa shape index (κ1) is 14.8. The first-order valence-corrected chi connectivity index (χ1v) is 8.14. The molecule has 1 aliphatic rings. The standard InChI is InChI=1S/C13H18N2O4S/c1-2-19-13(16)9-20(17,18)15-12-4-3-10-5-6-14-8-11(10)7-12/h3-4,7,14-15H,2,5-6,8-9H2,1H3. The van der Waals surface area contributed by atoms with E-state index in [4.69, 9.17) is 0 Å². The largest absolute Gasteiger partial charge is 0.465 e. The summed E-state index contributed by atoms with van der Waals surface area (Å²) in [6.45, 7) is 3.46. The molecule has 0 radical (unpaired) electrons. The number of esters is 1. The molecule has 1 aliphatic heterocycles. The highest BCUT2D eigenvalue weighted by Crippen LogP contribution is 2.19. The van der Waals surface area contributed by atoms with Crippen LogP contribution in [0.4, 0.5) is 5.69 Å². The monoisotopic (exact) mass is 298 g/mol. The zero-order valence-electron chi connectivity index (χ0n) is 11.3. The highest BCUT2D eigenvalue weighted by Gasteiger charge is 2.18. The summed E-state index contributed by atoms with van der Waals surface area (Å²) in [6.07, 6.45) is 0.936. The minimum absolute atomic E-state index is 0.166. The van der Waals surface area contributed by atoms with Crippen molar-refractivity contribution in [3.8, 4) is 0 Å². The fourth-order valence-corrected chi connectivity index (χ4v) is 3.07. The van der Waals surface area contributed by atoms with Crippen LogP contribution in [0.2, 0.25) is 0 Å². The van der Waals surface area contributed by atoms with Crippen LogP contribution < -0.4 is 10.0 Å². The Morgan fingerprint density at radius 1 is 1.40 bits per heavy atom. The number of carbonyl (C=O) groups is 1. The van der Waals surface area contributed by atoms with Crippen molar-refractivity contribution in [3.05, 3.63) is 29.3 Å². The van der Waals surface area contributed by atoms with Crippen LogP contribution >= 0.6 is 0 Å². The molecule has 0 bridgehead atoms. The lowest BCUT2D eigenvalue weighted by Crippen LogP contribution is -2.26. The van der Waals surface area contributed by atoms with Crippen LogP contribution in [0.5, 0.6) is 0 Å². The molecule has 0 unspecified atom stereocenters. The van der Waals surface area contributed by atoms with Crippen molar-refractivity contribution in [3.63, 3.8) is 0 Å². The van der Waals surface area contributed by atoms with Gasteiger partial charge in [-0.15, -0.1) is 0 Å². The lowest BCUT2D eigenvalue weighted by Gasteiger charge is -2.18. The van der Waals surface area contributed by atoms with E-state index >= 15 is 0 Å². The topological polar surface area (TPSA) is 84.5 Å². The molecule has 0 saturated heterocycles. The number of ether oxygens (including phenoxy) is 1. The highest BCUT2D eigenvalue weighted by molar-refractivity contribution is 7.93. The minimum Gasteiger partial charge on any atom is -0.465 e. The fraction of sp³-hybridized carbons (Fsp3) is 0.462. The van der Waals surface area contributed by atoms with E-state index in [9.17, 15) is 13.2 Å². The second kappa shape index (κ2) is 6.23. The molecule has 1 aromatic carbocycles. The quantitative estimate of drug-likeness (QED) is 0.779. The summed E-state index contributed by atoms with van der Waals surface area (Å²) in [5.74, 6) is -1.42. The van der Waals surface area contributed by atoms with E-state index in [1.807, 2.05) is 6.07 Å². The Morgan fingerprint density at radius 2 is 2.20 bits per heavy atom. The van der Waals surface area contributed by atoms with Crippen LogP contribution in [0, 0.1) is 0 Å². The van der Waals surface area contributed by atoms with E-state index < -0.39 is 21.7 Å². The van der Waals surface area contributed by atoms with Crippen molar-refractivity contribution in [1.29, 1.82) is 0 Å². The van der Waals surface area contributed by atoms with E-state index in [0.29, 0.717) is 5.69 Å². The van der Waals surface area contributed by atoms with Gasteiger partial charge >= 0.3 is 5.97 Å². The van der Waals surface area contributed by atoms with Crippen molar-refractivity contribution >= 4 is 21.7 Å². The van der Waals surface area contributed by atoms with Gasteiger partial charge in [-0.25, -0.2) is 8.42 Å². The Bertz CT molecular complexity index is 598. The van der Waals surface area contributed by atoms with Gasteiger partial charge in [0.2, 0.25) is 10.0 Å². The molecule has 20 heavy (non-hydrogen) atoms. The molecule has 0 fully saturated rings. The third-order valence-electron chi connectivity index (χ3n) is 2.98. The second-order valence-corrected chi connectivity index (χ2v) is 6.30. The maximum atomic E-state index is 11.8. The summed E-state index contributed by atoms with van der Waals surface area (Å²) < 4.78 is 30.7. The Morgan fingerprint density at radius 3 is 2.95 bits per heavy atom. The van der Waals surface area contributed by atoms with Gasteiger partial charge in [0.05, 0.1) is 6.61 Å². The summed E-state index contributed by atoms with van der Waals surface area (Å²) in [7, 11) is -3.73. The molecule has 0 saturated carbocycles. The van der Waals surface area contributed by atoms with Crippen molar-refractivity contribution in [2.75, 3.05) is 23.6 Å². The molecule has 7 heteroatoms. The fourth-order valence-electron chi connectivity index (χ4n) is 2.12. The van der Waals surface area contributed by atoms with Gasteiger partial charge in [-0.3, -0.25) is 9.52 Å². The molecular formula is C13H18N2O4S. The zero-order chi connectivity index (χ0) is 14.6. The van der Waals surface area contributed by atoms with E-state index in [-0.39, 0.29) is 6.61 Å². The number of hydrogen-bond donors (Lipinski definition) is 2. The first-order valence-electron chi connectivity index (χ1n) is 6.49. The van der Waals surface area contributed by atoms with Gasteiger partial charge in [0.25, 0.3) is 0 Å². The maximum Gasteiger partial charge on any atom is 0.323 e. The van der Waals surface area contributed by atoms with Crippen molar-refractivity contribution in [2.24, 2.45) is 0 Å². The number of rotatable bonds is 5. The molecule has 6 nitrogen and oxygen atoms in total.